The van der Waals surface area contributed by atoms with E-state index in [1.165, 1.54) is 0 Å². The minimum absolute atomic E-state index is 0.115. The molecule has 1 N–H and O–H groups in total. The lowest BCUT2D eigenvalue weighted by molar-refractivity contribution is -0.145. The number of aromatic nitrogens is 6. The van der Waals surface area contributed by atoms with Crippen LogP contribution in [0.1, 0.15) is 32.1 Å². The summed E-state index contributed by atoms with van der Waals surface area (Å²) in [5, 5.41) is 16.9. The summed E-state index contributed by atoms with van der Waals surface area (Å²) in [5.74, 6) is 1.73. The van der Waals surface area contributed by atoms with E-state index < -0.39 is 0 Å². The molecular weight excluding hydrogens is 540 g/mol. The number of ether oxygens (including phenoxy) is 1. The maximum absolute atomic E-state index is 13.2. The molecular formula is C25H27BrN8O3. The van der Waals surface area contributed by atoms with Crippen molar-refractivity contribution in [1.82, 2.24) is 34.8 Å². The summed E-state index contributed by atoms with van der Waals surface area (Å²) in [6.07, 6.45) is 4.22. The monoisotopic (exact) mass is 566 g/mol. The summed E-state index contributed by atoms with van der Waals surface area (Å²) in [7, 11) is 0. The van der Waals surface area contributed by atoms with Crippen LogP contribution in [-0.4, -0.2) is 73.1 Å². The molecule has 1 aliphatic heterocycles. The molecule has 1 aliphatic carbocycles. The normalized spacial score (nSPS) is 22.0. The standard InChI is InChI=1S/C25H27BrN8O3/c1-15-30-31-22(37-15)16-3-5-18(6-4-16)34-21-19(20(26)32-34)14-27-24(29-21)28-17-7-8-25(2,13-17)23(35)33-9-11-36-12-10-33/h3-6,14,17H,7-13H2,1-2H3,(H,27,28,29)/t17-,25?/m1/s1. The summed E-state index contributed by atoms with van der Waals surface area (Å²) < 4.78 is 13.4. The van der Waals surface area contributed by atoms with Crippen molar-refractivity contribution in [3.8, 4) is 17.1 Å². The van der Waals surface area contributed by atoms with E-state index in [-0.39, 0.29) is 17.4 Å². The van der Waals surface area contributed by atoms with Crippen molar-refractivity contribution in [1.29, 1.82) is 0 Å². The molecule has 4 aromatic rings. The van der Waals surface area contributed by atoms with Crippen molar-refractivity contribution in [2.45, 2.75) is 39.2 Å². The Kier molecular flexibility index (Phi) is 6.15. The number of aryl methyl sites for hydroxylation is 1. The number of fused-ring (bicyclic) bond motifs is 1. The molecule has 1 saturated carbocycles. The SMILES string of the molecule is Cc1nnc(-c2ccc(-n3nc(Br)c4cnc(N[C@@H]5CCC(C)(C(=O)N6CCOCC6)C5)nc43)cc2)o1. The third kappa shape index (κ3) is 4.59. The number of morpholine rings is 1. The number of benzene rings is 1. The fourth-order valence-electron chi connectivity index (χ4n) is 5.17. The van der Waals surface area contributed by atoms with Gasteiger partial charge < -0.3 is 19.4 Å². The van der Waals surface area contributed by atoms with E-state index in [4.69, 9.17) is 14.1 Å². The minimum Gasteiger partial charge on any atom is -0.421 e. The Balaban J connectivity index is 1.21. The fraction of sp³-hybridized carbons (Fsp3) is 0.440. The number of anilines is 1. The Bertz CT molecular complexity index is 1450. The van der Waals surface area contributed by atoms with E-state index in [0.29, 0.717) is 54.3 Å². The molecule has 12 heteroatoms. The second-order valence-corrected chi connectivity index (χ2v) is 10.6. The zero-order valence-electron chi connectivity index (χ0n) is 20.6. The van der Waals surface area contributed by atoms with Crippen molar-refractivity contribution < 1.29 is 13.9 Å². The number of carbonyl (C=O) groups excluding carboxylic acids is 1. The first-order valence-electron chi connectivity index (χ1n) is 12.4. The predicted molar refractivity (Wildman–Crippen MR) is 139 cm³/mol. The van der Waals surface area contributed by atoms with Gasteiger partial charge in [-0.25, -0.2) is 9.67 Å². The third-order valence-corrected chi connectivity index (χ3v) is 7.74. The number of rotatable bonds is 5. The van der Waals surface area contributed by atoms with Gasteiger partial charge >= 0.3 is 0 Å². The molecule has 1 amide bonds. The highest BCUT2D eigenvalue weighted by atomic mass is 79.9. The second kappa shape index (κ2) is 9.49. The predicted octanol–water partition coefficient (Wildman–Crippen LogP) is 3.77. The van der Waals surface area contributed by atoms with Gasteiger partial charge in [0.25, 0.3) is 0 Å². The Labute approximate surface area is 221 Å². The van der Waals surface area contributed by atoms with E-state index in [9.17, 15) is 4.79 Å². The fourth-order valence-corrected chi connectivity index (χ4v) is 5.60. The third-order valence-electron chi connectivity index (χ3n) is 7.15. The lowest BCUT2D eigenvalue weighted by Crippen LogP contribution is -2.47. The van der Waals surface area contributed by atoms with E-state index >= 15 is 0 Å². The first-order chi connectivity index (χ1) is 17.9. The van der Waals surface area contributed by atoms with Crippen LogP contribution in [-0.2, 0) is 9.53 Å². The molecule has 1 aromatic carbocycles. The molecule has 11 nitrogen and oxygen atoms in total. The van der Waals surface area contributed by atoms with Gasteiger partial charge in [0.15, 0.2) is 5.65 Å². The smallest absolute Gasteiger partial charge is 0.247 e. The number of hydrogen-bond donors (Lipinski definition) is 1. The number of amides is 1. The highest BCUT2D eigenvalue weighted by molar-refractivity contribution is 9.10. The zero-order chi connectivity index (χ0) is 25.6. The molecule has 1 saturated heterocycles. The average Bonchev–Trinajstić information content (AvgIpc) is 3.62. The first-order valence-corrected chi connectivity index (χ1v) is 13.1. The highest BCUT2D eigenvalue weighted by Gasteiger charge is 2.43. The lowest BCUT2D eigenvalue weighted by atomic mass is 9.86. The van der Waals surface area contributed by atoms with Gasteiger partial charge in [-0.1, -0.05) is 6.92 Å². The highest BCUT2D eigenvalue weighted by Crippen LogP contribution is 2.40. The lowest BCUT2D eigenvalue weighted by Gasteiger charge is -2.34. The van der Waals surface area contributed by atoms with Crippen LogP contribution in [0.5, 0.6) is 0 Å². The second-order valence-electron chi connectivity index (χ2n) is 9.86. The van der Waals surface area contributed by atoms with Gasteiger partial charge in [0.05, 0.1) is 24.3 Å². The van der Waals surface area contributed by atoms with Gasteiger partial charge in [-0.15, -0.1) is 10.2 Å². The molecule has 192 valence electrons. The molecule has 4 heterocycles. The maximum Gasteiger partial charge on any atom is 0.247 e. The van der Waals surface area contributed by atoms with E-state index in [1.54, 1.807) is 17.8 Å². The molecule has 2 aliphatic rings. The molecule has 3 aromatic heterocycles. The van der Waals surface area contributed by atoms with Crippen LogP contribution in [0.25, 0.3) is 28.2 Å². The minimum atomic E-state index is -0.386. The van der Waals surface area contributed by atoms with E-state index in [0.717, 1.165) is 35.9 Å². The average molecular weight is 567 g/mol. The summed E-state index contributed by atoms with van der Waals surface area (Å²) in [5.41, 5.74) is 1.95. The van der Waals surface area contributed by atoms with Crippen molar-refractivity contribution in [2.24, 2.45) is 5.41 Å². The maximum atomic E-state index is 13.2. The van der Waals surface area contributed by atoms with E-state index in [1.807, 2.05) is 29.2 Å². The van der Waals surface area contributed by atoms with Crippen LogP contribution >= 0.6 is 15.9 Å². The quantitative estimate of drug-likeness (QED) is 0.384. The Morgan fingerprint density at radius 3 is 2.70 bits per heavy atom. The molecule has 2 atom stereocenters. The van der Waals surface area contributed by atoms with Gasteiger partial charge in [-0.2, -0.15) is 10.1 Å². The molecule has 6 rings (SSSR count). The largest absolute Gasteiger partial charge is 0.421 e. The van der Waals surface area contributed by atoms with Gasteiger partial charge in [0, 0.05) is 43.2 Å². The van der Waals surface area contributed by atoms with Gasteiger partial charge in [0.1, 0.15) is 4.60 Å². The molecule has 2 fully saturated rings. The Morgan fingerprint density at radius 2 is 1.97 bits per heavy atom. The van der Waals surface area contributed by atoms with Crippen molar-refractivity contribution >= 4 is 38.8 Å². The zero-order valence-corrected chi connectivity index (χ0v) is 22.2. The molecule has 0 radical (unpaired) electrons. The van der Waals surface area contributed by atoms with Gasteiger partial charge in [-0.05, 0) is 59.5 Å². The van der Waals surface area contributed by atoms with Gasteiger partial charge in [-0.3, -0.25) is 4.79 Å². The van der Waals surface area contributed by atoms with Crippen LogP contribution < -0.4 is 5.32 Å². The summed E-state index contributed by atoms with van der Waals surface area (Å²) >= 11 is 3.53. The molecule has 0 spiro atoms. The van der Waals surface area contributed by atoms with Crippen LogP contribution in [0.4, 0.5) is 5.95 Å². The Morgan fingerprint density at radius 1 is 1.19 bits per heavy atom. The van der Waals surface area contributed by atoms with Crippen molar-refractivity contribution in [2.75, 3.05) is 31.6 Å². The van der Waals surface area contributed by atoms with Crippen molar-refractivity contribution in [3.05, 3.63) is 41.0 Å². The first kappa shape index (κ1) is 24.0. The van der Waals surface area contributed by atoms with Gasteiger partial charge in [0.2, 0.25) is 23.6 Å². The number of nitrogens with zero attached hydrogens (tertiary/aromatic N) is 7. The number of carbonyl (C=O) groups is 1. The van der Waals surface area contributed by atoms with Crippen molar-refractivity contribution in [3.63, 3.8) is 0 Å². The number of hydrogen-bond acceptors (Lipinski definition) is 9. The van der Waals surface area contributed by atoms with E-state index in [2.05, 4.69) is 48.5 Å². The number of halogens is 1. The summed E-state index contributed by atoms with van der Waals surface area (Å²) in [6.45, 7) is 6.39. The van der Waals surface area contributed by atoms with Crippen LogP contribution in [0, 0.1) is 12.3 Å². The number of nitrogens with one attached hydrogen (secondary N) is 1. The van der Waals surface area contributed by atoms with Crippen LogP contribution in [0.2, 0.25) is 0 Å². The molecule has 37 heavy (non-hydrogen) atoms. The molecule has 1 unspecified atom stereocenters. The molecule has 0 bridgehead atoms. The van der Waals surface area contributed by atoms with Crippen LogP contribution in [0.3, 0.4) is 0 Å². The van der Waals surface area contributed by atoms with Crippen LogP contribution in [0.15, 0.2) is 39.5 Å². The summed E-state index contributed by atoms with van der Waals surface area (Å²) in [4.78, 5) is 24.5. The summed E-state index contributed by atoms with van der Waals surface area (Å²) in [6, 6.07) is 7.80. The topological polar surface area (TPSA) is 124 Å². The Hall–Kier alpha value is -3.38.